The minimum atomic E-state index is 0.00341. The number of rotatable bonds is 6. The minimum Gasteiger partial charge on any atom is -0.493 e. The second kappa shape index (κ2) is 8.00. The largest absolute Gasteiger partial charge is 0.493 e. The molecule has 0 bridgehead atoms. The van der Waals surface area contributed by atoms with Crippen molar-refractivity contribution in [2.24, 2.45) is 0 Å². The van der Waals surface area contributed by atoms with Gasteiger partial charge in [-0.25, -0.2) is 0 Å². The number of hydrogen-bond donors (Lipinski definition) is 2. The number of aliphatic hydroxyl groups excluding tert-OH is 1. The van der Waals surface area contributed by atoms with Crippen LogP contribution in [-0.2, 0) is 0 Å². The second-order valence-electron chi connectivity index (χ2n) is 5.27. The molecule has 20 heavy (non-hydrogen) atoms. The van der Waals surface area contributed by atoms with Gasteiger partial charge in [0.1, 0.15) is 6.61 Å². The molecule has 0 spiro atoms. The predicted molar refractivity (Wildman–Crippen MR) is 80.7 cm³/mol. The minimum absolute atomic E-state index is 0.00341. The maximum Gasteiger partial charge on any atom is 0.163 e. The maximum absolute atomic E-state index is 8.87. The molecule has 4 heteroatoms. The van der Waals surface area contributed by atoms with Gasteiger partial charge in [-0.3, -0.25) is 0 Å². The fraction of sp³-hybridized carbons (Fsp3) is 0.625. The molecule has 1 aliphatic rings. The van der Waals surface area contributed by atoms with Crippen LogP contribution in [0.25, 0.3) is 0 Å². The summed E-state index contributed by atoms with van der Waals surface area (Å²) in [6.45, 7) is 0.284. The Labute approximate surface area is 121 Å². The molecule has 0 amide bonds. The van der Waals surface area contributed by atoms with Gasteiger partial charge in [0.05, 0.1) is 13.7 Å². The highest BCUT2D eigenvalue weighted by Gasteiger charge is 2.13. The van der Waals surface area contributed by atoms with Crippen LogP contribution in [0.2, 0.25) is 0 Å². The van der Waals surface area contributed by atoms with E-state index in [1.165, 1.54) is 38.5 Å². The molecule has 2 N–H and O–H groups in total. The zero-order valence-corrected chi connectivity index (χ0v) is 12.2. The Hall–Kier alpha value is -1.42. The van der Waals surface area contributed by atoms with E-state index in [1.807, 2.05) is 18.2 Å². The summed E-state index contributed by atoms with van der Waals surface area (Å²) in [4.78, 5) is 0. The first-order chi connectivity index (χ1) is 9.83. The van der Waals surface area contributed by atoms with E-state index in [1.54, 1.807) is 7.11 Å². The molecular weight excluding hydrogens is 254 g/mol. The number of ether oxygens (including phenoxy) is 2. The van der Waals surface area contributed by atoms with Gasteiger partial charge in [0.15, 0.2) is 11.5 Å². The molecule has 1 aliphatic carbocycles. The summed E-state index contributed by atoms with van der Waals surface area (Å²) in [5, 5.41) is 12.5. The molecule has 1 saturated carbocycles. The molecular formula is C16H25NO3. The Morgan fingerprint density at radius 2 is 1.90 bits per heavy atom. The smallest absolute Gasteiger partial charge is 0.163 e. The maximum atomic E-state index is 8.87. The molecule has 0 aromatic heterocycles. The van der Waals surface area contributed by atoms with E-state index in [9.17, 15) is 0 Å². The van der Waals surface area contributed by atoms with Crippen molar-refractivity contribution in [2.45, 2.75) is 44.6 Å². The van der Waals surface area contributed by atoms with Crippen molar-refractivity contribution >= 4 is 5.69 Å². The molecule has 0 heterocycles. The zero-order chi connectivity index (χ0) is 14.2. The summed E-state index contributed by atoms with van der Waals surface area (Å²) >= 11 is 0. The van der Waals surface area contributed by atoms with Crippen molar-refractivity contribution in [3.05, 3.63) is 18.2 Å². The van der Waals surface area contributed by atoms with E-state index in [2.05, 4.69) is 5.32 Å². The lowest BCUT2D eigenvalue weighted by molar-refractivity contribution is 0.196. The number of benzene rings is 1. The molecule has 0 saturated heterocycles. The first-order valence-electron chi connectivity index (χ1n) is 7.51. The van der Waals surface area contributed by atoms with E-state index in [0.717, 1.165) is 5.69 Å². The summed E-state index contributed by atoms with van der Waals surface area (Å²) in [6.07, 6.45) is 7.79. The molecule has 1 fully saturated rings. The van der Waals surface area contributed by atoms with E-state index >= 15 is 0 Å². The van der Waals surface area contributed by atoms with E-state index in [0.29, 0.717) is 17.5 Å². The predicted octanol–water partition coefficient (Wildman–Crippen LogP) is 3.20. The Kier molecular flexibility index (Phi) is 5.99. The summed E-state index contributed by atoms with van der Waals surface area (Å²) in [5.74, 6) is 1.38. The Bertz CT molecular complexity index is 401. The standard InChI is InChI=1S/C16H25NO3/c1-19-15-9-8-14(12-16(15)20-11-10-18)17-13-6-4-2-3-5-7-13/h8-9,12-13,17-18H,2-7,10-11H2,1H3. The van der Waals surface area contributed by atoms with Crippen LogP contribution in [0.15, 0.2) is 18.2 Å². The molecule has 2 rings (SSSR count). The number of aliphatic hydroxyl groups is 1. The van der Waals surface area contributed by atoms with E-state index < -0.39 is 0 Å². The lowest BCUT2D eigenvalue weighted by Crippen LogP contribution is -2.18. The Morgan fingerprint density at radius 3 is 2.55 bits per heavy atom. The van der Waals surface area contributed by atoms with Gasteiger partial charge in [0, 0.05) is 17.8 Å². The van der Waals surface area contributed by atoms with Crippen molar-refractivity contribution in [1.29, 1.82) is 0 Å². The van der Waals surface area contributed by atoms with Crippen LogP contribution in [0.4, 0.5) is 5.69 Å². The third-order valence-electron chi connectivity index (χ3n) is 3.74. The monoisotopic (exact) mass is 279 g/mol. The van der Waals surface area contributed by atoms with E-state index in [-0.39, 0.29) is 13.2 Å². The van der Waals surface area contributed by atoms with Gasteiger partial charge in [-0.1, -0.05) is 25.7 Å². The van der Waals surface area contributed by atoms with Crippen molar-refractivity contribution < 1.29 is 14.6 Å². The van der Waals surface area contributed by atoms with Crippen molar-refractivity contribution in [3.63, 3.8) is 0 Å². The Morgan fingerprint density at radius 1 is 1.15 bits per heavy atom. The van der Waals surface area contributed by atoms with Crippen LogP contribution < -0.4 is 14.8 Å². The number of hydrogen-bond acceptors (Lipinski definition) is 4. The molecule has 0 atom stereocenters. The number of methoxy groups -OCH3 is 1. The molecule has 0 aliphatic heterocycles. The van der Waals surface area contributed by atoms with Gasteiger partial charge in [0.25, 0.3) is 0 Å². The van der Waals surface area contributed by atoms with Crippen molar-refractivity contribution in [3.8, 4) is 11.5 Å². The molecule has 112 valence electrons. The van der Waals surface area contributed by atoms with Gasteiger partial charge in [0.2, 0.25) is 0 Å². The van der Waals surface area contributed by atoms with Gasteiger partial charge >= 0.3 is 0 Å². The second-order valence-corrected chi connectivity index (χ2v) is 5.27. The number of nitrogens with one attached hydrogen (secondary N) is 1. The lowest BCUT2D eigenvalue weighted by atomic mass is 10.1. The molecule has 0 radical (unpaired) electrons. The summed E-state index contributed by atoms with van der Waals surface area (Å²) in [7, 11) is 1.62. The van der Waals surface area contributed by atoms with Crippen LogP contribution in [0, 0.1) is 0 Å². The molecule has 0 unspecified atom stereocenters. The fourth-order valence-electron chi connectivity index (χ4n) is 2.69. The van der Waals surface area contributed by atoms with Gasteiger partial charge in [-0.2, -0.15) is 0 Å². The Balaban J connectivity index is 2.03. The fourth-order valence-corrected chi connectivity index (χ4v) is 2.69. The average Bonchev–Trinajstić information content (AvgIpc) is 2.74. The summed E-state index contributed by atoms with van der Waals surface area (Å²) < 4.78 is 10.8. The molecule has 1 aromatic carbocycles. The van der Waals surface area contributed by atoms with Gasteiger partial charge in [-0.05, 0) is 25.0 Å². The van der Waals surface area contributed by atoms with E-state index in [4.69, 9.17) is 14.6 Å². The normalized spacial score (nSPS) is 16.5. The van der Waals surface area contributed by atoms with Crippen LogP contribution in [0.3, 0.4) is 0 Å². The highest BCUT2D eigenvalue weighted by Crippen LogP contribution is 2.31. The third-order valence-corrected chi connectivity index (χ3v) is 3.74. The average molecular weight is 279 g/mol. The third kappa shape index (κ3) is 4.30. The lowest BCUT2D eigenvalue weighted by Gasteiger charge is -2.19. The summed E-state index contributed by atoms with van der Waals surface area (Å²) in [5.41, 5.74) is 1.06. The van der Waals surface area contributed by atoms with Crippen LogP contribution in [-0.4, -0.2) is 31.5 Å². The van der Waals surface area contributed by atoms with Crippen LogP contribution in [0.5, 0.6) is 11.5 Å². The molecule has 4 nitrogen and oxygen atoms in total. The quantitative estimate of drug-likeness (QED) is 0.785. The molecule has 1 aromatic rings. The van der Waals surface area contributed by atoms with Crippen LogP contribution >= 0.6 is 0 Å². The van der Waals surface area contributed by atoms with Crippen LogP contribution in [0.1, 0.15) is 38.5 Å². The zero-order valence-electron chi connectivity index (χ0n) is 12.2. The topological polar surface area (TPSA) is 50.7 Å². The SMILES string of the molecule is COc1ccc(NC2CCCCCC2)cc1OCCO. The van der Waals surface area contributed by atoms with Gasteiger partial charge in [-0.15, -0.1) is 0 Å². The first-order valence-corrected chi connectivity index (χ1v) is 7.51. The number of anilines is 1. The summed E-state index contributed by atoms with van der Waals surface area (Å²) in [6, 6.07) is 6.44. The highest BCUT2D eigenvalue weighted by atomic mass is 16.5. The first kappa shape index (κ1) is 15.0. The highest BCUT2D eigenvalue weighted by molar-refractivity contribution is 5.55. The van der Waals surface area contributed by atoms with Crippen molar-refractivity contribution in [1.82, 2.24) is 0 Å². The van der Waals surface area contributed by atoms with Gasteiger partial charge < -0.3 is 19.9 Å². The van der Waals surface area contributed by atoms with Crippen molar-refractivity contribution in [2.75, 3.05) is 25.6 Å².